The molecule has 28 heavy (non-hydrogen) atoms. The van der Waals surface area contributed by atoms with E-state index in [1.165, 1.54) is 5.56 Å². The second-order valence-corrected chi connectivity index (χ2v) is 7.45. The van der Waals surface area contributed by atoms with Crippen LogP contribution >= 0.6 is 24.0 Å². The summed E-state index contributed by atoms with van der Waals surface area (Å²) >= 11 is 0. The maximum absolute atomic E-state index is 5.72. The zero-order chi connectivity index (χ0) is 19.9. The highest BCUT2D eigenvalue weighted by Gasteiger charge is 2.12. The first-order valence-corrected chi connectivity index (χ1v) is 10.4. The molecule has 2 N–H and O–H groups in total. The Morgan fingerprint density at radius 3 is 2.14 bits per heavy atom. The molecule has 0 saturated carbocycles. The number of rotatable bonds is 13. The van der Waals surface area contributed by atoms with E-state index in [2.05, 4.69) is 60.4 Å². The Morgan fingerprint density at radius 2 is 1.57 bits per heavy atom. The predicted molar refractivity (Wildman–Crippen MR) is 132 cm³/mol. The van der Waals surface area contributed by atoms with Gasteiger partial charge in [0.05, 0.1) is 6.61 Å². The first-order valence-electron chi connectivity index (χ1n) is 10.4. The Hall–Kier alpha value is -0.860. The molecule has 6 heteroatoms. The van der Waals surface area contributed by atoms with E-state index >= 15 is 0 Å². The van der Waals surface area contributed by atoms with E-state index in [1.807, 2.05) is 25.2 Å². The third kappa shape index (κ3) is 12.6. The number of nitrogens with one attached hydrogen (secondary N) is 2. The lowest BCUT2D eigenvalue weighted by molar-refractivity contribution is 0.117. The van der Waals surface area contributed by atoms with Gasteiger partial charge in [-0.3, -0.25) is 9.89 Å². The molecule has 0 bridgehead atoms. The number of hydrogen-bond donors (Lipinski definition) is 2. The van der Waals surface area contributed by atoms with Crippen LogP contribution in [0.1, 0.15) is 52.5 Å². The van der Waals surface area contributed by atoms with Crippen molar-refractivity contribution >= 4 is 29.9 Å². The van der Waals surface area contributed by atoms with E-state index in [1.54, 1.807) is 0 Å². The second-order valence-electron chi connectivity index (χ2n) is 7.45. The number of aliphatic imine (C=N–C) groups is 1. The molecule has 1 aromatic rings. The topological polar surface area (TPSA) is 48.9 Å². The van der Waals surface area contributed by atoms with Crippen molar-refractivity contribution in [2.24, 2.45) is 4.99 Å². The summed E-state index contributed by atoms with van der Waals surface area (Å²) < 4.78 is 5.72. The fourth-order valence-electron chi connectivity index (χ4n) is 3.10. The molecule has 0 spiro atoms. The van der Waals surface area contributed by atoms with Gasteiger partial charge in [-0.25, -0.2) is 0 Å². The summed E-state index contributed by atoms with van der Waals surface area (Å²) in [5.74, 6) is 0.890. The van der Waals surface area contributed by atoms with Gasteiger partial charge in [0.15, 0.2) is 5.96 Å². The van der Waals surface area contributed by atoms with Crippen LogP contribution in [0.3, 0.4) is 0 Å². The van der Waals surface area contributed by atoms with E-state index in [4.69, 9.17) is 4.74 Å². The summed E-state index contributed by atoms with van der Waals surface area (Å²) in [6.45, 7) is 13.5. The van der Waals surface area contributed by atoms with Crippen LogP contribution in [0.25, 0.3) is 0 Å². The smallest absolute Gasteiger partial charge is 0.190 e. The fourth-order valence-corrected chi connectivity index (χ4v) is 3.10. The minimum Gasteiger partial charge on any atom is -0.377 e. The minimum atomic E-state index is 0. The first-order chi connectivity index (χ1) is 13.0. The molecule has 0 saturated heterocycles. The Labute approximate surface area is 189 Å². The van der Waals surface area contributed by atoms with Crippen molar-refractivity contribution in [2.75, 3.05) is 33.3 Å². The number of unbranched alkanes of at least 4 members (excludes halogenated alkanes) is 1. The SMILES string of the molecule is CN=C(NCCCCOCc1ccccc1)NCCCN(C(C)C)C(C)C.I. The third-order valence-electron chi connectivity index (χ3n) is 4.56. The molecule has 1 aromatic carbocycles. The quantitative estimate of drug-likeness (QED) is 0.182. The third-order valence-corrected chi connectivity index (χ3v) is 4.56. The van der Waals surface area contributed by atoms with Crippen molar-refractivity contribution in [3.05, 3.63) is 35.9 Å². The highest BCUT2D eigenvalue weighted by Crippen LogP contribution is 2.05. The number of hydrogen-bond acceptors (Lipinski definition) is 3. The Balaban J connectivity index is 0.00000729. The van der Waals surface area contributed by atoms with Gasteiger partial charge < -0.3 is 15.4 Å². The Morgan fingerprint density at radius 1 is 0.964 bits per heavy atom. The molecule has 0 heterocycles. The molecular formula is C22H41IN4O. The number of nitrogens with zero attached hydrogens (tertiary/aromatic N) is 2. The molecular weight excluding hydrogens is 463 g/mol. The van der Waals surface area contributed by atoms with E-state index < -0.39 is 0 Å². The van der Waals surface area contributed by atoms with Crippen molar-refractivity contribution < 1.29 is 4.74 Å². The van der Waals surface area contributed by atoms with Crippen molar-refractivity contribution in [3.8, 4) is 0 Å². The summed E-state index contributed by atoms with van der Waals surface area (Å²) in [7, 11) is 1.83. The van der Waals surface area contributed by atoms with Crippen molar-refractivity contribution in [1.82, 2.24) is 15.5 Å². The van der Waals surface area contributed by atoms with Crippen LogP contribution in [-0.4, -0.2) is 56.2 Å². The van der Waals surface area contributed by atoms with Gasteiger partial charge in [0.1, 0.15) is 0 Å². The molecule has 0 aromatic heterocycles. The van der Waals surface area contributed by atoms with Crippen LogP contribution in [0.5, 0.6) is 0 Å². The van der Waals surface area contributed by atoms with Gasteiger partial charge in [0, 0.05) is 45.4 Å². The van der Waals surface area contributed by atoms with E-state index in [9.17, 15) is 0 Å². The molecule has 0 fully saturated rings. The maximum Gasteiger partial charge on any atom is 0.190 e. The fraction of sp³-hybridized carbons (Fsp3) is 0.682. The molecule has 0 amide bonds. The van der Waals surface area contributed by atoms with Crippen molar-refractivity contribution in [1.29, 1.82) is 0 Å². The van der Waals surface area contributed by atoms with Crippen LogP contribution in [0.2, 0.25) is 0 Å². The molecule has 0 unspecified atom stereocenters. The van der Waals surface area contributed by atoms with Crippen molar-refractivity contribution in [2.45, 2.75) is 65.6 Å². The molecule has 5 nitrogen and oxygen atoms in total. The van der Waals surface area contributed by atoms with Crippen LogP contribution in [-0.2, 0) is 11.3 Å². The lowest BCUT2D eigenvalue weighted by atomic mass is 10.2. The summed E-state index contributed by atoms with van der Waals surface area (Å²) in [4.78, 5) is 6.82. The van der Waals surface area contributed by atoms with Crippen LogP contribution < -0.4 is 10.6 Å². The van der Waals surface area contributed by atoms with Crippen LogP contribution in [0.4, 0.5) is 0 Å². The molecule has 1 rings (SSSR count). The standard InChI is InChI=1S/C22H40N4O.HI/c1-19(2)26(20(3)4)16-11-15-25-22(23-5)24-14-9-10-17-27-18-21-12-7-6-8-13-21;/h6-8,12-13,19-20H,9-11,14-18H2,1-5H3,(H2,23,24,25);1H. The highest BCUT2D eigenvalue weighted by atomic mass is 127. The summed E-state index contributed by atoms with van der Waals surface area (Å²) in [6.07, 6.45) is 3.24. The average molecular weight is 505 g/mol. The van der Waals surface area contributed by atoms with Gasteiger partial charge in [0.2, 0.25) is 0 Å². The van der Waals surface area contributed by atoms with E-state index in [-0.39, 0.29) is 24.0 Å². The number of ether oxygens (including phenoxy) is 1. The zero-order valence-electron chi connectivity index (χ0n) is 18.4. The van der Waals surface area contributed by atoms with Crippen LogP contribution in [0, 0.1) is 0 Å². The Bertz CT molecular complexity index is 501. The summed E-state index contributed by atoms with van der Waals surface area (Å²) in [5, 5.41) is 6.79. The van der Waals surface area contributed by atoms with Gasteiger partial charge in [-0.2, -0.15) is 0 Å². The number of benzene rings is 1. The van der Waals surface area contributed by atoms with Gasteiger partial charge >= 0.3 is 0 Å². The Kier molecular flexibility index (Phi) is 16.5. The second kappa shape index (κ2) is 17.0. The lowest BCUT2D eigenvalue weighted by Gasteiger charge is -2.30. The summed E-state index contributed by atoms with van der Waals surface area (Å²) in [5.41, 5.74) is 1.23. The molecule has 0 aliphatic heterocycles. The van der Waals surface area contributed by atoms with Gasteiger partial charge in [-0.15, -0.1) is 24.0 Å². The van der Waals surface area contributed by atoms with Gasteiger partial charge in [-0.05, 0) is 52.5 Å². The predicted octanol–water partition coefficient (Wildman–Crippen LogP) is 4.28. The maximum atomic E-state index is 5.72. The van der Waals surface area contributed by atoms with Gasteiger partial charge in [0.25, 0.3) is 0 Å². The molecule has 0 atom stereocenters. The van der Waals surface area contributed by atoms with Gasteiger partial charge in [-0.1, -0.05) is 30.3 Å². The first kappa shape index (κ1) is 27.1. The highest BCUT2D eigenvalue weighted by molar-refractivity contribution is 14.0. The van der Waals surface area contributed by atoms with Crippen LogP contribution in [0.15, 0.2) is 35.3 Å². The molecule has 0 aliphatic carbocycles. The monoisotopic (exact) mass is 504 g/mol. The average Bonchev–Trinajstić information content (AvgIpc) is 2.65. The molecule has 162 valence electrons. The van der Waals surface area contributed by atoms with Crippen molar-refractivity contribution in [3.63, 3.8) is 0 Å². The van der Waals surface area contributed by atoms with E-state index in [0.717, 1.165) is 51.5 Å². The number of guanidine groups is 1. The molecule has 0 aliphatic rings. The lowest BCUT2D eigenvalue weighted by Crippen LogP contribution is -2.41. The largest absolute Gasteiger partial charge is 0.377 e. The number of halogens is 1. The normalized spacial score (nSPS) is 11.8. The zero-order valence-corrected chi connectivity index (χ0v) is 20.7. The van der Waals surface area contributed by atoms with E-state index in [0.29, 0.717) is 18.7 Å². The molecule has 0 radical (unpaired) electrons. The minimum absolute atomic E-state index is 0. The summed E-state index contributed by atoms with van der Waals surface area (Å²) in [6, 6.07) is 11.5.